The second kappa shape index (κ2) is 5.25. The van der Waals surface area contributed by atoms with Gasteiger partial charge in [-0.15, -0.1) is 0 Å². The number of hydrogen-bond acceptors (Lipinski definition) is 2. The smallest absolute Gasteiger partial charge is 0.270 e. The van der Waals surface area contributed by atoms with Gasteiger partial charge in [0.1, 0.15) is 5.75 Å². The number of methoxy groups -OCH3 is 1. The van der Waals surface area contributed by atoms with Crippen LogP contribution >= 0.6 is 0 Å². The van der Waals surface area contributed by atoms with Crippen LogP contribution in [0.3, 0.4) is 0 Å². The van der Waals surface area contributed by atoms with E-state index in [0.717, 1.165) is 6.92 Å². The molecule has 0 heterocycles. The van der Waals surface area contributed by atoms with Crippen LogP contribution in [0.4, 0.5) is 8.78 Å². The van der Waals surface area contributed by atoms with Gasteiger partial charge in [0.05, 0.1) is 7.11 Å². The number of benzene rings is 1. The molecular formula is C12H16F2O2. The van der Waals surface area contributed by atoms with Crippen molar-refractivity contribution in [3.05, 3.63) is 29.3 Å². The molecule has 1 N–H and O–H groups in total. The molecule has 0 amide bonds. The molecule has 0 fully saturated rings. The van der Waals surface area contributed by atoms with Gasteiger partial charge >= 0.3 is 0 Å². The van der Waals surface area contributed by atoms with Gasteiger partial charge in [-0.3, -0.25) is 0 Å². The molecule has 0 aliphatic carbocycles. The molecular weight excluding hydrogens is 214 g/mol. The molecule has 0 aromatic heterocycles. The monoisotopic (exact) mass is 230 g/mol. The van der Waals surface area contributed by atoms with Crippen LogP contribution in [0.5, 0.6) is 5.75 Å². The second-order valence-electron chi connectivity index (χ2n) is 3.70. The second-order valence-corrected chi connectivity index (χ2v) is 3.70. The summed E-state index contributed by atoms with van der Waals surface area (Å²) < 4.78 is 31.7. The molecule has 0 bridgehead atoms. The van der Waals surface area contributed by atoms with Gasteiger partial charge in [0.2, 0.25) is 0 Å². The zero-order valence-electron chi connectivity index (χ0n) is 9.46. The maximum absolute atomic E-state index is 13.3. The first kappa shape index (κ1) is 12.9. The van der Waals surface area contributed by atoms with Gasteiger partial charge < -0.3 is 9.84 Å². The van der Waals surface area contributed by atoms with E-state index in [1.54, 1.807) is 12.1 Å². The fourth-order valence-corrected chi connectivity index (χ4v) is 1.68. The number of alkyl halides is 2. The highest BCUT2D eigenvalue weighted by Crippen LogP contribution is 2.35. The first-order chi connectivity index (χ1) is 7.50. The van der Waals surface area contributed by atoms with E-state index in [-0.39, 0.29) is 12.2 Å². The largest absolute Gasteiger partial charge is 0.496 e. The topological polar surface area (TPSA) is 29.5 Å². The Kier molecular flexibility index (Phi) is 4.24. The molecule has 1 aromatic rings. The van der Waals surface area contributed by atoms with E-state index < -0.39 is 5.92 Å². The Morgan fingerprint density at radius 1 is 1.38 bits per heavy atom. The van der Waals surface area contributed by atoms with Crippen molar-refractivity contribution in [1.29, 1.82) is 0 Å². The molecule has 0 unspecified atom stereocenters. The summed E-state index contributed by atoms with van der Waals surface area (Å²) in [5, 5.41) is 8.76. The Labute approximate surface area is 93.9 Å². The van der Waals surface area contributed by atoms with Crippen molar-refractivity contribution in [3.8, 4) is 5.75 Å². The molecule has 0 radical (unpaired) electrons. The summed E-state index contributed by atoms with van der Waals surface area (Å²) in [6.07, 6.45) is 0.836. The van der Waals surface area contributed by atoms with Crippen molar-refractivity contribution >= 4 is 0 Å². The summed E-state index contributed by atoms with van der Waals surface area (Å²) in [7, 11) is 1.45. The Morgan fingerprint density at radius 2 is 2.06 bits per heavy atom. The lowest BCUT2D eigenvalue weighted by Gasteiger charge is -2.18. The van der Waals surface area contributed by atoms with E-state index in [1.807, 2.05) is 0 Å². The van der Waals surface area contributed by atoms with Crippen LogP contribution < -0.4 is 4.74 Å². The van der Waals surface area contributed by atoms with Crippen LogP contribution in [0.2, 0.25) is 0 Å². The third kappa shape index (κ3) is 2.92. The van der Waals surface area contributed by atoms with Crippen molar-refractivity contribution in [2.75, 3.05) is 13.7 Å². The van der Waals surface area contributed by atoms with E-state index >= 15 is 0 Å². The van der Waals surface area contributed by atoms with Gasteiger partial charge in [-0.05, 0) is 18.9 Å². The molecule has 0 atom stereocenters. The van der Waals surface area contributed by atoms with Gasteiger partial charge in [0.15, 0.2) is 0 Å². The molecule has 1 aromatic carbocycles. The van der Waals surface area contributed by atoms with E-state index in [2.05, 4.69) is 0 Å². The number of ether oxygens (including phenoxy) is 1. The maximum Gasteiger partial charge on any atom is 0.270 e. The number of hydrogen-bond donors (Lipinski definition) is 1. The lowest BCUT2D eigenvalue weighted by Crippen LogP contribution is -2.12. The highest BCUT2D eigenvalue weighted by atomic mass is 19.3. The summed E-state index contributed by atoms with van der Waals surface area (Å²) in [6.45, 7) is 0.844. The van der Waals surface area contributed by atoms with Gasteiger partial charge in [0.25, 0.3) is 5.92 Å². The zero-order chi connectivity index (χ0) is 12.2. The van der Waals surface area contributed by atoms with Crippen LogP contribution in [0.1, 0.15) is 24.5 Å². The molecule has 1 rings (SSSR count). The maximum atomic E-state index is 13.3. The molecule has 90 valence electrons. The SMILES string of the molecule is COc1cccc(C(C)(F)F)c1CCCO. The molecule has 0 aliphatic rings. The summed E-state index contributed by atoms with van der Waals surface area (Å²) in [5.74, 6) is -2.44. The van der Waals surface area contributed by atoms with Gasteiger partial charge in [0, 0.05) is 24.7 Å². The highest BCUT2D eigenvalue weighted by molar-refractivity contribution is 5.42. The molecule has 0 saturated carbocycles. The van der Waals surface area contributed by atoms with Crippen LogP contribution in [0.25, 0.3) is 0 Å². The average Bonchev–Trinajstić information content (AvgIpc) is 2.24. The van der Waals surface area contributed by atoms with Crippen molar-refractivity contribution in [3.63, 3.8) is 0 Å². The Hall–Kier alpha value is -1.16. The number of aliphatic hydroxyl groups excluding tert-OH is 1. The van der Waals surface area contributed by atoms with Gasteiger partial charge in [-0.25, -0.2) is 8.78 Å². The minimum Gasteiger partial charge on any atom is -0.496 e. The first-order valence-electron chi connectivity index (χ1n) is 5.15. The molecule has 16 heavy (non-hydrogen) atoms. The van der Waals surface area contributed by atoms with E-state index in [1.165, 1.54) is 13.2 Å². The van der Waals surface area contributed by atoms with Crippen LogP contribution in [-0.2, 0) is 12.3 Å². The third-order valence-electron chi connectivity index (χ3n) is 2.41. The lowest BCUT2D eigenvalue weighted by atomic mass is 9.98. The van der Waals surface area contributed by atoms with Crippen molar-refractivity contribution < 1.29 is 18.6 Å². The fourth-order valence-electron chi connectivity index (χ4n) is 1.68. The zero-order valence-corrected chi connectivity index (χ0v) is 9.46. The molecule has 0 saturated heterocycles. The predicted octanol–water partition coefficient (Wildman–Crippen LogP) is 2.73. The summed E-state index contributed by atoms with van der Waals surface area (Å²) in [6, 6.07) is 4.60. The van der Waals surface area contributed by atoms with Crippen molar-refractivity contribution in [1.82, 2.24) is 0 Å². The molecule has 0 spiro atoms. The minimum atomic E-state index is -2.89. The van der Waals surface area contributed by atoms with E-state index in [4.69, 9.17) is 9.84 Å². The molecule has 4 heteroatoms. The van der Waals surface area contributed by atoms with Crippen LogP contribution in [0, 0.1) is 0 Å². The lowest BCUT2D eigenvalue weighted by molar-refractivity contribution is 0.0162. The summed E-state index contributed by atoms with van der Waals surface area (Å²) in [4.78, 5) is 0. The fraction of sp³-hybridized carbons (Fsp3) is 0.500. The van der Waals surface area contributed by atoms with E-state index in [0.29, 0.717) is 24.2 Å². The standard InChI is InChI=1S/C12H16F2O2/c1-12(13,14)10-6-3-7-11(16-2)9(10)5-4-8-15/h3,6-7,15H,4-5,8H2,1-2H3. The number of halogens is 2. The Balaban J connectivity index is 3.15. The highest BCUT2D eigenvalue weighted by Gasteiger charge is 2.28. The molecule has 0 aliphatic heterocycles. The van der Waals surface area contributed by atoms with E-state index in [9.17, 15) is 8.78 Å². The van der Waals surface area contributed by atoms with Gasteiger partial charge in [-0.2, -0.15) is 0 Å². The van der Waals surface area contributed by atoms with Crippen LogP contribution in [0.15, 0.2) is 18.2 Å². The average molecular weight is 230 g/mol. The van der Waals surface area contributed by atoms with Crippen molar-refractivity contribution in [2.24, 2.45) is 0 Å². The third-order valence-corrected chi connectivity index (χ3v) is 2.41. The Morgan fingerprint density at radius 3 is 2.56 bits per heavy atom. The summed E-state index contributed by atoms with van der Waals surface area (Å²) in [5.41, 5.74) is 0.451. The van der Waals surface area contributed by atoms with Crippen LogP contribution in [-0.4, -0.2) is 18.8 Å². The Bertz CT molecular complexity index is 345. The summed E-state index contributed by atoms with van der Waals surface area (Å²) >= 11 is 0. The number of aliphatic hydroxyl groups is 1. The predicted molar refractivity (Wildman–Crippen MR) is 58.0 cm³/mol. The van der Waals surface area contributed by atoms with Crippen molar-refractivity contribution in [2.45, 2.75) is 25.7 Å². The minimum absolute atomic E-state index is 0.0211. The normalized spacial score (nSPS) is 11.6. The number of rotatable bonds is 5. The first-order valence-corrected chi connectivity index (χ1v) is 5.15. The molecule has 2 nitrogen and oxygen atoms in total. The van der Waals surface area contributed by atoms with Gasteiger partial charge in [-0.1, -0.05) is 12.1 Å². The quantitative estimate of drug-likeness (QED) is 0.842.